The van der Waals surface area contributed by atoms with Crippen molar-refractivity contribution in [2.24, 2.45) is 4.99 Å². The Morgan fingerprint density at radius 2 is 2.22 bits per heavy atom. The summed E-state index contributed by atoms with van der Waals surface area (Å²) in [7, 11) is 2.24. The SMILES string of the molecule is CN=C(N1CCNC/C1=C\C(=O)OC)C(F)(F)F. The Labute approximate surface area is 102 Å². The van der Waals surface area contributed by atoms with E-state index in [9.17, 15) is 18.0 Å². The molecule has 1 aliphatic rings. The van der Waals surface area contributed by atoms with Gasteiger partial charge in [-0.05, 0) is 0 Å². The predicted octanol–water partition coefficient (Wildman–Crippen LogP) is 0.539. The highest BCUT2D eigenvalue weighted by atomic mass is 19.4. The molecule has 0 atom stereocenters. The first-order valence-electron chi connectivity index (χ1n) is 5.21. The van der Waals surface area contributed by atoms with Crippen LogP contribution in [0.3, 0.4) is 0 Å². The fourth-order valence-corrected chi connectivity index (χ4v) is 1.61. The Balaban J connectivity index is 3.03. The van der Waals surface area contributed by atoms with Crippen molar-refractivity contribution in [3.05, 3.63) is 11.8 Å². The van der Waals surface area contributed by atoms with Gasteiger partial charge in [0.05, 0.1) is 7.11 Å². The summed E-state index contributed by atoms with van der Waals surface area (Å²) >= 11 is 0. The van der Waals surface area contributed by atoms with Crippen molar-refractivity contribution in [3.8, 4) is 0 Å². The van der Waals surface area contributed by atoms with Gasteiger partial charge in [0.2, 0.25) is 5.84 Å². The Hall–Kier alpha value is -1.57. The van der Waals surface area contributed by atoms with Crippen molar-refractivity contribution in [1.29, 1.82) is 0 Å². The number of halogens is 3. The highest BCUT2D eigenvalue weighted by Gasteiger charge is 2.41. The topological polar surface area (TPSA) is 53.9 Å². The lowest BCUT2D eigenvalue weighted by Crippen LogP contribution is -2.49. The van der Waals surface area contributed by atoms with Gasteiger partial charge in [0.15, 0.2) is 0 Å². The van der Waals surface area contributed by atoms with Crippen molar-refractivity contribution < 1.29 is 22.7 Å². The lowest BCUT2D eigenvalue weighted by Gasteiger charge is -2.33. The lowest BCUT2D eigenvalue weighted by atomic mass is 10.2. The fourth-order valence-electron chi connectivity index (χ4n) is 1.61. The quantitative estimate of drug-likeness (QED) is 0.325. The van der Waals surface area contributed by atoms with Gasteiger partial charge in [0, 0.05) is 38.5 Å². The van der Waals surface area contributed by atoms with E-state index in [-0.39, 0.29) is 18.8 Å². The minimum absolute atomic E-state index is 0.0923. The monoisotopic (exact) mass is 265 g/mol. The van der Waals surface area contributed by atoms with Gasteiger partial charge in [-0.1, -0.05) is 0 Å². The van der Waals surface area contributed by atoms with E-state index in [0.29, 0.717) is 6.54 Å². The molecule has 0 saturated carbocycles. The van der Waals surface area contributed by atoms with Crippen molar-refractivity contribution in [2.45, 2.75) is 6.18 Å². The standard InChI is InChI=1S/C10H14F3N3O2/c1-14-9(10(11,12)13)16-4-3-15-6-7(16)5-8(17)18-2/h5,15H,3-4,6H2,1-2H3/b7-5+,14-9?. The Morgan fingerprint density at radius 1 is 1.56 bits per heavy atom. The molecule has 8 heteroatoms. The number of nitrogens with zero attached hydrogens (tertiary/aromatic N) is 2. The Kier molecular flexibility index (Phi) is 4.71. The zero-order chi connectivity index (χ0) is 13.8. The summed E-state index contributed by atoms with van der Waals surface area (Å²) in [6.45, 7) is 0.632. The fraction of sp³-hybridized carbons (Fsp3) is 0.600. The molecule has 0 amide bonds. The van der Waals surface area contributed by atoms with E-state index in [2.05, 4.69) is 15.0 Å². The highest BCUT2D eigenvalue weighted by Crippen LogP contribution is 2.23. The molecule has 0 radical (unpaired) electrons. The van der Waals surface area contributed by atoms with Crippen LogP contribution in [0.4, 0.5) is 13.2 Å². The van der Waals surface area contributed by atoms with E-state index >= 15 is 0 Å². The number of alkyl halides is 3. The van der Waals surface area contributed by atoms with Gasteiger partial charge in [0.25, 0.3) is 0 Å². The summed E-state index contributed by atoms with van der Waals surface area (Å²) in [6.07, 6.45) is -3.52. The molecule has 1 aliphatic heterocycles. The number of carbonyl (C=O) groups excluding carboxylic acids is 1. The summed E-state index contributed by atoms with van der Waals surface area (Å²) in [6, 6.07) is 0. The number of rotatable bonds is 1. The zero-order valence-electron chi connectivity index (χ0n) is 10.0. The molecule has 18 heavy (non-hydrogen) atoms. The normalized spacial score (nSPS) is 20.2. The first kappa shape index (κ1) is 14.5. The smallest absolute Gasteiger partial charge is 0.449 e. The molecular weight excluding hydrogens is 251 g/mol. The molecule has 0 aromatic carbocycles. The summed E-state index contributed by atoms with van der Waals surface area (Å²) in [5.74, 6) is -1.71. The van der Waals surface area contributed by atoms with Crippen LogP contribution in [0.15, 0.2) is 16.8 Å². The van der Waals surface area contributed by atoms with Gasteiger partial charge in [-0.2, -0.15) is 13.2 Å². The maximum absolute atomic E-state index is 12.8. The molecule has 0 aromatic heterocycles. The van der Waals surface area contributed by atoms with Gasteiger partial charge in [-0.3, -0.25) is 4.99 Å². The average molecular weight is 265 g/mol. The third-order valence-electron chi connectivity index (χ3n) is 2.37. The maximum atomic E-state index is 12.8. The van der Waals surface area contributed by atoms with E-state index in [1.807, 2.05) is 0 Å². The first-order chi connectivity index (χ1) is 8.40. The number of methoxy groups -OCH3 is 1. The number of ether oxygens (including phenoxy) is 1. The largest absolute Gasteiger partial charge is 0.466 e. The molecular formula is C10H14F3N3O2. The second kappa shape index (κ2) is 5.85. The second-order valence-corrected chi connectivity index (χ2v) is 3.53. The summed E-state index contributed by atoms with van der Waals surface area (Å²) < 4.78 is 42.7. The summed E-state index contributed by atoms with van der Waals surface area (Å²) in [5.41, 5.74) is 0.186. The Morgan fingerprint density at radius 3 is 2.72 bits per heavy atom. The van der Waals surface area contributed by atoms with Crippen molar-refractivity contribution >= 4 is 11.8 Å². The summed E-state index contributed by atoms with van der Waals surface area (Å²) in [4.78, 5) is 15.4. The third kappa shape index (κ3) is 3.46. The molecule has 0 aliphatic carbocycles. The molecule has 0 unspecified atom stereocenters. The van der Waals surface area contributed by atoms with E-state index in [1.54, 1.807) is 0 Å². The van der Waals surface area contributed by atoms with Crippen LogP contribution in [0.25, 0.3) is 0 Å². The lowest BCUT2D eigenvalue weighted by molar-refractivity contribution is -0.135. The van der Waals surface area contributed by atoms with Crippen LogP contribution >= 0.6 is 0 Å². The number of nitrogens with one attached hydrogen (secondary N) is 1. The molecule has 1 heterocycles. The molecule has 1 rings (SSSR count). The van der Waals surface area contributed by atoms with Gasteiger partial charge < -0.3 is 15.0 Å². The predicted molar refractivity (Wildman–Crippen MR) is 59.1 cm³/mol. The number of piperazine rings is 1. The van der Waals surface area contributed by atoms with Crippen molar-refractivity contribution in [2.75, 3.05) is 33.8 Å². The molecule has 0 spiro atoms. The van der Waals surface area contributed by atoms with Gasteiger partial charge in [-0.25, -0.2) is 4.79 Å². The molecule has 1 saturated heterocycles. The van der Waals surface area contributed by atoms with E-state index < -0.39 is 18.0 Å². The van der Waals surface area contributed by atoms with Crippen LogP contribution in [-0.4, -0.2) is 56.7 Å². The Bertz CT molecular complexity index is 377. The number of aliphatic imine (C=N–C) groups is 1. The minimum Gasteiger partial charge on any atom is -0.466 e. The zero-order valence-corrected chi connectivity index (χ0v) is 10.0. The number of hydrogen-bond acceptors (Lipinski definition) is 4. The third-order valence-corrected chi connectivity index (χ3v) is 2.37. The minimum atomic E-state index is -4.55. The molecule has 1 N–H and O–H groups in total. The van der Waals surface area contributed by atoms with E-state index in [4.69, 9.17) is 0 Å². The number of amidine groups is 1. The van der Waals surface area contributed by atoms with Crippen LogP contribution in [0.1, 0.15) is 0 Å². The van der Waals surface area contributed by atoms with Crippen LogP contribution < -0.4 is 5.32 Å². The van der Waals surface area contributed by atoms with Crippen LogP contribution in [0, 0.1) is 0 Å². The molecule has 0 bridgehead atoms. The van der Waals surface area contributed by atoms with Gasteiger partial charge in [-0.15, -0.1) is 0 Å². The maximum Gasteiger partial charge on any atom is 0.449 e. The average Bonchev–Trinajstić information content (AvgIpc) is 2.30. The van der Waals surface area contributed by atoms with Gasteiger partial charge in [0.1, 0.15) is 0 Å². The van der Waals surface area contributed by atoms with Gasteiger partial charge >= 0.3 is 12.1 Å². The first-order valence-corrected chi connectivity index (χ1v) is 5.21. The van der Waals surface area contributed by atoms with E-state index in [1.165, 1.54) is 7.11 Å². The van der Waals surface area contributed by atoms with Crippen molar-refractivity contribution in [3.63, 3.8) is 0 Å². The highest BCUT2D eigenvalue weighted by molar-refractivity contribution is 5.91. The summed E-state index contributed by atoms with van der Waals surface area (Å²) in [5, 5.41) is 2.88. The number of esters is 1. The van der Waals surface area contributed by atoms with Crippen molar-refractivity contribution in [1.82, 2.24) is 10.2 Å². The van der Waals surface area contributed by atoms with Crippen LogP contribution in [0.2, 0.25) is 0 Å². The van der Waals surface area contributed by atoms with Crippen LogP contribution in [-0.2, 0) is 9.53 Å². The molecule has 102 valence electrons. The molecule has 5 nitrogen and oxygen atoms in total. The number of hydrogen-bond donors (Lipinski definition) is 1. The number of carbonyl (C=O) groups is 1. The van der Waals surface area contributed by atoms with E-state index in [0.717, 1.165) is 18.0 Å². The molecule has 1 fully saturated rings. The molecule has 0 aromatic rings. The second-order valence-electron chi connectivity index (χ2n) is 3.53. The van der Waals surface area contributed by atoms with Crippen LogP contribution in [0.5, 0.6) is 0 Å².